The molecule has 0 bridgehead atoms. The van der Waals surface area contributed by atoms with Gasteiger partial charge in [-0.15, -0.1) is 0 Å². The van der Waals surface area contributed by atoms with E-state index in [1.807, 2.05) is 48.5 Å². The lowest BCUT2D eigenvalue weighted by atomic mass is 10.1. The smallest absolute Gasteiger partial charge is 0.336 e. The molecule has 0 heterocycles. The fraction of sp³-hybridized carbons (Fsp3) is 0.562. The number of hydrogen-bond acceptors (Lipinski definition) is 10. The Morgan fingerprint density at radius 3 is 0.919 bits per heavy atom. The molecule has 0 saturated carbocycles. The second-order valence-corrected chi connectivity index (χ2v) is 19.2. The molecule has 0 unspecified atom stereocenters. The molecular formula is C64H92O10. The summed E-state index contributed by atoms with van der Waals surface area (Å²) in [6, 6.07) is 18.3. The molecule has 0 saturated heterocycles. The van der Waals surface area contributed by atoms with Gasteiger partial charge in [-0.25, -0.2) is 9.59 Å². The Labute approximate surface area is 445 Å². The maximum Gasteiger partial charge on any atom is 0.336 e. The first-order valence-corrected chi connectivity index (χ1v) is 28.8. The predicted molar refractivity (Wildman–Crippen MR) is 304 cm³/mol. The average molecular weight is 1020 g/mol. The molecule has 408 valence electrons. The molecule has 4 rings (SSSR count). The van der Waals surface area contributed by atoms with Crippen molar-refractivity contribution in [2.45, 2.75) is 196 Å². The first-order valence-electron chi connectivity index (χ1n) is 28.8. The van der Waals surface area contributed by atoms with Crippen molar-refractivity contribution in [3.05, 3.63) is 83.9 Å². The van der Waals surface area contributed by atoms with E-state index in [1.54, 1.807) is 24.3 Å². The first-order chi connectivity index (χ1) is 36.4. The molecule has 0 radical (unpaired) electrons. The van der Waals surface area contributed by atoms with Gasteiger partial charge in [-0.2, -0.15) is 0 Å². The van der Waals surface area contributed by atoms with Crippen molar-refractivity contribution in [1.29, 1.82) is 0 Å². The summed E-state index contributed by atoms with van der Waals surface area (Å²) in [6.45, 7) is 16.5. The van der Waals surface area contributed by atoms with Crippen molar-refractivity contribution in [2.24, 2.45) is 0 Å². The molecule has 0 aliphatic heterocycles. The summed E-state index contributed by atoms with van der Waals surface area (Å²) in [7, 11) is 0. The van der Waals surface area contributed by atoms with Crippen molar-refractivity contribution >= 4 is 34.9 Å². The molecule has 10 heteroatoms. The number of carbonyl (C=O) groups excluding carboxylic acids is 2. The predicted octanol–water partition coefficient (Wildman–Crippen LogP) is 17.8. The van der Waals surface area contributed by atoms with E-state index in [9.17, 15) is 9.59 Å². The maximum absolute atomic E-state index is 13.7. The van der Waals surface area contributed by atoms with Crippen LogP contribution in [0.4, 0.5) is 0 Å². The topological polar surface area (TPSA) is 108 Å². The van der Waals surface area contributed by atoms with Crippen molar-refractivity contribution < 1.29 is 47.5 Å². The third-order valence-corrected chi connectivity index (χ3v) is 12.8. The molecule has 0 fully saturated rings. The number of hydrogen-bond donors (Lipinski definition) is 0. The van der Waals surface area contributed by atoms with Gasteiger partial charge in [0.05, 0.1) is 39.6 Å². The van der Waals surface area contributed by atoms with E-state index < -0.39 is 11.9 Å². The first kappa shape index (κ1) is 60.9. The van der Waals surface area contributed by atoms with Crippen molar-refractivity contribution in [1.82, 2.24) is 0 Å². The number of carbonyl (C=O) groups is 2. The molecule has 0 N–H and O–H groups in total. The van der Waals surface area contributed by atoms with Gasteiger partial charge in [-0.3, -0.25) is 0 Å². The van der Waals surface area contributed by atoms with E-state index in [0.717, 1.165) is 141 Å². The van der Waals surface area contributed by atoms with Gasteiger partial charge in [0.15, 0.2) is 23.0 Å². The number of unbranched alkanes of at least 4 members (excludes halogenated alkanes) is 18. The van der Waals surface area contributed by atoms with Gasteiger partial charge >= 0.3 is 11.9 Å². The summed E-state index contributed by atoms with van der Waals surface area (Å²) >= 11 is 0. The van der Waals surface area contributed by atoms with E-state index in [4.69, 9.17) is 37.9 Å². The summed E-state index contributed by atoms with van der Waals surface area (Å²) in [5.41, 5.74) is 1.39. The molecule has 74 heavy (non-hydrogen) atoms. The molecule has 4 aromatic rings. The van der Waals surface area contributed by atoms with E-state index >= 15 is 0 Å². The number of rotatable bonds is 42. The lowest BCUT2D eigenvalue weighted by Crippen LogP contribution is -2.08. The van der Waals surface area contributed by atoms with Crippen LogP contribution in [-0.2, 0) is 9.59 Å². The highest BCUT2D eigenvalue weighted by Gasteiger charge is 2.20. The van der Waals surface area contributed by atoms with Crippen LogP contribution in [0.5, 0.6) is 46.0 Å². The lowest BCUT2D eigenvalue weighted by Gasteiger charge is -2.19. The average Bonchev–Trinajstić information content (AvgIpc) is 3.41. The van der Waals surface area contributed by atoms with Gasteiger partial charge in [-0.1, -0.05) is 181 Å². The second-order valence-electron chi connectivity index (χ2n) is 19.2. The Balaban J connectivity index is 1.57. The van der Waals surface area contributed by atoms with Gasteiger partial charge in [0.2, 0.25) is 11.5 Å². The van der Waals surface area contributed by atoms with Gasteiger partial charge in [0.1, 0.15) is 11.5 Å². The summed E-state index contributed by atoms with van der Waals surface area (Å²) < 4.78 is 50.5. The molecule has 0 aliphatic rings. The highest BCUT2D eigenvalue weighted by molar-refractivity contribution is 5.99. The zero-order valence-corrected chi connectivity index (χ0v) is 46.4. The molecule has 0 atom stereocenters. The van der Waals surface area contributed by atoms with Crippen LogP contribution in [-0.4, -0.2) is 51.6 Å². The second kappa shape index (κ2) is 38.0. The normalized spacial score (nSPS) is 11.4. The highest BCUT2D eigenvalue weighted by Crippen LogP contribution is 2.43. The molecule has 4 aromatic carbocycles. The summed E-state index contributed by atoms with van der Waals surface area (Å²) in [5, 5.41) is 1.23. The maximum atomic E-state index is 13.7. The van der Waals surface area contributed by atoms with E-state index in [0.29, 0.717) is 108 Å². The minimum atomic E-state index is -0.574. The monoisotopic (exact) mass is 1020 g/mol. The van der Waals surface area contributed by atoms with E-state index in [-0.39, 0.29) is 0 Å². The molecular weight excluding hydrogens is 929 g/mol. The Kier molecular flexibility index (Phi) is 31.3. The van der Waals surface area contributed by atoms with Crippen LogP contribution < -0.4 is 37.9 Å². The minimum Gasteiger partial charge on any atom is -0.490 e. The van der Waals surface area contributed by atoms with Crippen molar-refractivity contribution in [3.8, 4) is 46.0 Å². The zero-order valence-electron chi connectivity index (χ0n) is 46.4. The van der Waals surface area contributed by atoms with E-state index in [2.05, 4.69) is 41.5 Å². The fourth-order valence-electron chi connectivity index (χ4n) is 8.44. The fourth-order valence-corrected chi connectivity index (χ4v) is 8.44. The minimum absolute atomic E-state index is 0.330. The van der Waals surface area contributed by atoms with Crippen molar-refractivity contribution in [3.63, 3.8) is 0 Å². The lowest BCUT2D eigenvalue weighted by molar-refractivity contribution is -0.129. The number of benzene rings is 4. The van der Waals surface area contributed by atoms with Crippen LogP contribution in [0.3, 0.4) is 0 Å². The van der Waals surface area contributed by atoms with Crippen LogP contribution in [0.1, 0.15) is 207 Å². The van der Waals surface area contributed by atoms with Gasteiger partial charge < -0.3 is 37.9 Å². The molecule has 0 aromatic heterocycles. The van der Waals surface area contributed by atoms with Crippen LogP contribution in [0.15, 0.2) is 72.8 Å². The molecule has 0 aliphatic carbocycles. The Bertz CT molecular complexity index is 2090. The Morgan fingerprint density at radius 1 is 0.324 bits per heavy atom. The summed E-state index contributed by atoms with van der Waals surface area (Å²) in [6.07, 6.45) is 32.0. The van der Waals surface area contributed by atoms with Gasteiger partial charge in [-0.05, 0) is 87.1 Å². The van der Waals surface area contributed by atoms with Crippen LogP contribution >= 0.6 is 0 Å². The largest absolute Gasteiger partial charge is 0.490 e. The Hall–Kier alpha value is -5.64. The zero-order chi connectivity index (χ0) is 52.9. The number of fused-ring (bicyclic) bond motifs is 1. The third-order valence-electron chi connectivity index (χ3n) is 12.8. The van der Waals surface area contributed by atoms with Crippen LogP contribution in [0.25, 0.3) is 22.9 Å². The van der Waals surface area contributed by atoms with Gasteiger partial charge in [0, 0.05) is 34.1 Å². The van der Waals surface area contributed by atoms with Gasteiger partial charge in [0.25, 0.3) is 0 Å². The number of esters is 2. The molecule has 10 nitrogen and oxygen atoms in total. The summed E-state index contributed by atoms with van der Waals surface area (Å²) in [4.78, 5) is 27.3. The van der Waals surface area contributed by atoms with E-state index in [1.165, 1.54) is 25.0 Å². The van der Waals surface area contributed by atoms with Crippen molar-refractivity contribution in [2.75, 3.05) is 39.6 Å². The SMILES string of the molecule is CCCCCCOc1ccc(C=CC(=O)Oc2ccc(OC(=O)C=Cc3ccc(OCCCCCC)c(OCCCCCC)c3OCCCCCC)c3ccccc23)c(OCCCCCC)c1OCCCCCC. The molecule has 0 spiro atoms. The third kappa shape index (κ3) is 22.5. The number of ether oxygens (including phenoxy) is 8. The van der Waals surface area contributed by atoms with Crippen LogP contribution in [0, 0.1) is 0 Å². The standard InChI is InChI=1S/C64H92O10/c1-7-13-19-27-45-67-57-39-35-51(61(69-47-29-21-15-9-3)63(57)71-49-31-23-17-11-5)37-43-59(65)73-55-41-42-56(54-34-26-25-33-53(54)55)74-60(66)44-38-52-36-40-58(68-46-28-20-14-8-2)64(72-50-32-24-18-12-6)62(52)70-48-30-22-16-10-4/h25-26,33-44H,7-24,27-32,45-50H2,1-6H3. The quantitative estimate of drug-likeness (QED) is 0.0184. The Morgan fingerprint density at radius 2 is 0.608 bits per heavy atom. The van der Waals surface area contributed by atoms with Crippen LogP contribution in [0.2, 0.25) is 0 Å². The highest BCUT2D eigenvalue weighted by atomic mass is 16.6. The summed E-state index contributed by atoms with van der Waals surface area (Å²) in [5.74, 6) is 3.08. The molecule has 0 amide bonds.